The normalized spacial score (nSPS) is 12.5. The van der Waals surface area contributed by atoms with Crippen molar-refractivity contribution in [2.75, 3.05) is 18.0 Å². The molecule has 0 unspecified atom stereocenters. The van der Waals surface area contributed by atoms with Crippen LogP contribution in [0.15, 0.2) is 12.1 Å². The Morgan fingerprint density at radius 1 is 0.895 bits per heavy atom. The number of hydrogen-bond donors (Lipinski definition) is 3. The van der Waals surface area contributed by atoms with Crippen molar-refractivity contribution in [1.29, 1.82) is 0 Å². The molecule has 0 radical (unpaired) electrons. The van der Waals surface area contributed by atoms with E-state index in [1.54, 1.807) is 4.90 Å². The molecule has 1 heterocycles. The quantitative estimate of drug-likeness (QED) is 0.708. The topological polar surface area (TPSA) is 115 Å². The first-order valence-electron chi connectivity index (χ1n) is 5.04. The fraction of sp³-hybridized carbons (Fsp3) is 0.182. The third-order valence-corrected chi connectivity index (χ3v) is 2.58. The fourth-order valence-electron chi connectivity index (χ4n) is 1.70. The predicted molar refractivity (Wildman–Crippen MR) is 66.8 cm³/mol. The number of aromatic carboxylic acids is 3. The number of nitrogens with zero attached hydrogens (tertiary/aromatic N) is 1. The van der Waals surface area contributed by atoms with Crippen LogP contribution in [-0.2, 0) is 0 Å². The Morgan fingerprint density at radius 2 is 1.32 bits per heavy atom. The summed E-state index contributed by atoms with van der Waals surface area (Å²) in [6.45, 7) is 1.12. The van der Waals surface area contributed by atoms with Gasteiger partial charge in [-0.3, -0.25) is 0 Å². The molecule has 0 aliphatic carbocycles. The predicted octanol–water partition coefficient (Wildman–Crippen LogP) is 1.02. The van der Waals surface area contributed by atoms with E-state index in [1.165, 1.54) is 0 Å². The third kappa shape index (κ3) is 2.76. The van der Waals surface area contributed by atoms with E-state index in [0.29, 0.717) is 13.1 Å². The second-order valence-corrected chi connectivity index (χ2v) is 3.82. The van der Waals surface area contributed by atoms with Gasteiger partial charge in [0, 0.05) is 13.1 Å². The first-order valence-corrected chi connectivity index (χ1v) is 5.04. The standard InChI is InChI=1S/C11H9NO6.ClH/c13-9(14)5-3-6(10(15)16)8(12-1-2-12)7(4-5)11(17)18;/h3-4H,1-2H2,(H,13,14)(H,15,16)(H,17,18);1H. The monoisotopic (exact) mass is 287 g/mol. The molecule has 8 heteroatoms. The molecule has 7 nitrogen and oxygen atoms in total. The molecule has 0 amide bonds. The highest BCUT2D eigenvalue weighted by Gasteiger charge is 2.30. The number of benzene rings is 1. The van der Waals surface area contributed by atoms with Gasteiger partial charge in [-0.25, -0.2) is 14.4 Å². The Bertz CT molecular complexity index is 531. The van der Waals surface area contributed by atoms with Crippen molar-refractivity contribution in [2.24, 2.45) is 0 Å². The minimum absolute atomic E-state index is 0. The van der Waals surface area contributed by atoms with E-state index in [1.807, 2.05) is 0 Å². The third-order valence-electron chi connectivity index (χ3n) is 2.58. The zero-order chi connectivity index (χ0) is 13.4. The fourth-order valence-corrected chi connectivity index (χ4v) is 1.70. The number of carboxylic acids is 3. The molecule has 1 aliphatic rings. The average molecular weight is 288 g/mol. The summed E-state index contributed by atoms with van der Waals surface area (Å²) >= 11 is 0. The molecule has 0 aromatic heterocycles. The van der Waals surface area contributed by atoms with Gasteiger partial charge in [0.25, 0.3) is 0 Å². The van der Waals surface area contributed by atoms with Gasteiger partial charge in [-0.1, -0.05) is 0 Å². The van der Waals surface area contributed by atoms with Crippen LogP contribution in [0.5, 0.6) is 0 Å². The van der Waals surface area contributed by atoms with Crippen LogP contribution in [0.4, 0.5) is 5.69 Å². The molecule has 1 saturated heterocycles. The maximum absolute atomic E-state index is 11.1. The van der Waals surface area contributed by atoms with Gasteiger partial charge in [0.05, 0.1) is 22.4 Å². The van der Waals surface area contributed by atoms with Crippen LogP contribution in [0.25, 0.3) is 0 Å². The van der Waals surface area contributed by atoms with Gasteiger partial charge in [0.1, 0.15) is 0 Å². The number of halogens is 1. The van der Waals surface area contributed by atoms with E-state index in [0.717, 1.165) is 12.1 Å². The van der Waals surface area contributed by atoms with Crippen molar-refractivity contribution in [2.45, 2.75) is 0 Å². The van der Waals surface area contributed by atoms with Gasteiger partial charge in [-0.15, -0.1) is 12.4 Å². The summed E-state index contributed by atoms with van der Waals surface area (Å²) in [5, 5.41) is 26.9. The molecule has 1 fully saturated rings. The van der Waals surface area contributed by atoms with Gasteiger partial charge < -0.3 is 20.2 Å². The van der Waals surface area contributed by atoms with Crippen LogP contribution in [-0.4, -0.2) is 46.3 Å². The number of hydrogen-bond acceptors (Lipinski definition) is 4. The number of rotatable bonds is 4. The molecule has 1 aliphatic heterocycles. The van der Waals surface area contributed by atoms with Gasteiger partial charge in [-0.05, 0) is 12.1 Å². The molecular formula is C11H10ClNO6. The molecule has 0 atom stereocenters. The van der Waals surface area contributed by atoms with Crippen molar-refractivity contribution in [3.05, 3.63) is 28.8 Å². The highest BCUT2D eigenvalue weighted by Crippen LogP contribution is 2.31. The number of carbonyl (C=O) groups is 3. The van der Waals surface area contributed by atoms with Gasteiger partial charge in [0.2, 0.25) is 0 Å². The van der Waals surface area contributed by atoms with Crippen LogP contribution < -0.4 is 4.90 Å². The highest BCUT2D eigenvalue weighted by atomic mass is 35.5. The van der Waals surface area contributed by atoms with Crippen molar-refractivity contribution < 1.29 is 29.7 Å². The maximum atomic E-state index is 11.1. The second kappa shape index (κ2) is 5.15. The number of anilines is 1. The molecule has 1 aromatic rings. The lowest BCUT2D eigenvalue weighted by Gasteiger charge is -2.12. The lowest BCUT2D eigenvalue weighted by Crippen LogP contribution is -2.13. The van der Waals surface area contributed by atoms with Crippen molar-refractivity contribution in [1.82, 2.24) is 0 Å². The van der Waals surface area contributed by atoms with Crippen molar-refractivity contribution in [3.8, 4) is 0 Å². The summed E-state index contributed by atoms with van der Waals surface area (Å²) in [6.07, 6.45) is 0. The average Bonchev–Trinajstić information content (AvgIpc) is 3.10. The lowest BCUT2D eigenvalue weighted by molar-refractivity contribution is 0.0696. The molecule has 102 valence electrons. The summed E-state index contributed by atoms with van der Waals surface area (Å²) in [7, 11) is 0. The molecule has 0 bridgehead atoms. The lowest BCUT2D eigenvalue weighted by atomic mass is 10.0. The molecule has 19 heavy (non-hydrogen) atoms. The SMILES string of the molecule is Cl.O=C(O)c1cc(C(=O)O)c(N2CC2)c(C(=O)O)c1. The zero-order valence-electron chi connectivity index (χ0n) is 9.49. The van der Waals surface area contributed by atoms with E-state index >= 15 is 0 Å². The van der Waals surface area contributed by atoms with Gasteiger partial charge >= 0.3 is 17.9 Å². The second-order valence-electron chi connectivity index (χ2n) is 3.82. The van der Waals surface area contributed by atoms with Crippen molar-refractivity contribution in [3.63, 3.8) is 0 Å². The van der Waals surface area contributed by atoms with Crippen LogP contribution >= 0.6 is 12.4 Å². The van der Waals surface area contributed by atoms with Gasteiger partial charge in [0.15, 0.2) is 0 Å². The Morgan fingerprint density at radius 3 is 1.58 bits per heavy atom. The first kappa shape index (κ1) is 14.8. The Balaban J connectivity index is 0.00000180. The Labute approximate surface area is 113 Å². The molecular weight excluding hydrogens is 278 g/mol. The summed E-state index contributed by atoms with van der Waals surface area (Å²) in [5.74, 6) is -4.05. The van der Waals surface area contributed by atoms with E-state index in [-0.39, 0.29) is 34.8 Å². The van der Waals surface area contributed by atoms with Crippen LogP contribution in [0.3, 0.4) is 0 Å². The van der Waals surface area contributed by atoms with Crippen LogP contribution in [0.2, 0.25) is 0 Å². The zero-order valence-corrected chi connectivity index (χ0v) is 10.3. The number of carboxylic acid groups (broad SMARTS) is 3. The molecule has 3 N–H and O–H groups in total. The summed E-state index contributed by atoms with van der Waals surface area (Å²) in [4.78, 5) is 34.6. The molecule has 2 rings (SSSR count). The molecule has 1 aromatic carbocycles. The van der Waals surface area contributed by atoms with Crippen LogP contribution in [0.1, 0.15) is 31.1 Å². The minimum atomic E-state index is -1.36. The smallest absolute Gasteiger partial charge is 0.337 e. The van der Waals surface area contributed by atoms with E-state index in [2.05, 4.69) is 0 Å². The van der Waals surface area contributed by atoms with Crippen molar-refractivity contribution >= 4 is 36.0 Å². The van der Waals surface area contributed by atoms with Gasteiger partial charge in [-0.2, -0.15) is 0 Å². The van der Waals surface area contributed by atoms with E-state index in [4.69, 9.17) is 15.3 Å². The first-order chi connectivity index (χ1) is 8.41. The molecule has 0 saturated carbocycles. The Hall–Kier alpha value is -2.28. The Kier molecular flexibility index (Phi) is 4.01. The largest absolute Gasteiger partial charge is 0.478 e. The molecule has 0 spiro atoms. The maximum Gasteiger partial charge on any atom is 0.337 e. The summed E-state index contributed by atoms with van der Waals surface area (Å²) in [6, 6.07) is 1.95. The highest BCUT2D eigenvalue weighted by molar-refractivity contribution is 6.07. The van der Waals surface area contributed by atoms with Crippen LogP contribution in [0, 0.1) is 0 Å². The van der Waals surface area contributed by atoms with E-state index < -0.39 is 17.9 Å². The van der Waals surface area contributed by atoms with E-state index in [9.17, 15) is 14.4 Å². The minimum Gasteiger partial charge on any atom is -0.478 e. The summed E-state index contributed by atoms with van der Waals surface area (Å²) in [5.41, 5.74) is -0.884. The summed E-state index contributed by atoms with van der Waals surface area (Å²) < 4.78 is 0.